The number of benzene rings is 1. The fourth-order valence-corrected chi connectivity index (χ4v) is 3.30. The molecule has 0 saturated heterocycles. The summed E-state index contributed by atoms with van der Waals surface area (Å²) in [5.74, 6) is -7.36. The summed E-state index contributed by atoms with van der Waals surface area (Å²) in [7, 11) is 0. The van der Waals surface area contributed by atoms with Crippen molar-refractivity contribution in [2.75, 3.05) is 0 Å². The van der Waals surface area contributed by atoms with Crippen molar-refractivity contribution in [3.05, 3.63) is 53.4 Å². The quantitative estimate of drug-likeness (QED) is 0.756. The molecule has 0 radical (unpaired) electrons. The van der Waals surface area contributed by atoms with Gasteiger partial charge in [-0.15, -0.1) is 0 Å². The lowest BCUT2D eigenvalue weighted by Crippen LogP contribution is -2.56. The van der Waals surface area contributed by atoms with Gasteiger partial charge in [0.1, 0.15) is 23.2 Å². The molecule has 10 heteroatoms. The van der Waals surface area contributed by atoms with Crippen LogP contribution in [0, 0.1) is 11.6 Å². The number of aliphatic imine (C=N–C) groups is 1. The molecule has 3 rings (SSSR count). The molecular weight excluding hydrogens is 395 g/mol. The Bertz CT molecular complexity index is 1040. The molecular formula is C19H17F5N4O. The molecule has 0 fully saturated rings. The molecule has 154 valence electrons. The third-order valence-electron chi connectivity index (χ3n) is 5.03. The number of nitrogens with zero attached hydrogens (tertiary/aromatic N) is 2. The van der Waals surface area contributed by atoms with Crippen LogP contribution >= 0.6 is 0 Å². The summed E-state index contributed by atoms with van der Waals surface area (Å²) in [6.07, 6.45) is -0.540. The number of amidine groups is 1. The zero-order valence-corrected chi connectivity index (χ0v) is 15.4. The Morgan fingerprint density at radius 3 is 2.41 bits per heavy atom. The summed E-state index contributed by atoms with van der Waals surface area (Å²) >= 11 is 0. The molecule has 5 nitrogen and oxygen atoms in total. The Kier molecular flexibility index (Phi) is 4.64. The average molecular weight is 412 g/mol. The predicted molar refractivity (Wildman–Crippen MR) is 96.2 cm³/mol. The molecule has 1 amide bonds. The molecule has 1 aromatic heterocycles. The first kappa shape index (κ1) is 20.7. The van der Waals surface area contributed by atoms with Crippen LogP contribution in [-0.2, 0) is 5.54 Å². The van der Waals surface area contributed by atoms with E-state index in [4.69, 9.17) is 11.5 Å². The third-order valence-corrected chi connectivity index (χ3v) is 5.03. The van der Waals surface area contributed by atoms with Crippen molar-refractivity contribution >= 4 is 11.7 Å². The number of nitrogens with two attached hydrogens (primary N) is 2. The number of amides is 1. The van der Waals surface area contributed by atoms with E-state index >= 15 is 0 Å². The van der Waals surface area contributed by atoms with Crippen LogP contribution in [0.2, 0.25) is 0 Å². The highest BCUT2D eigenvalue weighted by Crippen LogP contribution is 2.50. The second-order valence-electron chi connectivity index (χ2n) is 7.26. The Morgan fingerprint density at radius 1 is 1.14 bits per heavy atom. The van der Waals surface area contributed by atoms with E-state index in [-0.39, 0.29) is 16.8 Å². The maximum absolute atomic E-state index is 14.9. The van der Waals surface area contributed by atoms with E-state index in [1.54, 1.807) is 0 Å². The maximum atomic E-state index is 14.9. The highest BCUT2D eigenvalue weighted by atomic mass is 19.3. The Labute approximate surface area is 162 Å². The van der Waals surface area contributed by atoms with Gasteiger partial charge in [-0.25, -0.2) is 26.9 Å². The Hall–Kier alpha value is -3.04. The van der Waals surface area contributed by atoms with Crippen LogP contribution in [0.5, 0.6) is 0 Å². The first-order valence-corrected chi connectivity index (χ1v) is 8.47. The number of rotatable bonds is 3. The summed E-state index contributed by atoms with van der Waals surface area (Å²) in [6, 6.07) is 3.90. The van der Waals surface area contributed by atoms with E-state index in [1.165, 1.54) is 0 Å². The summed E-state index contributed by atoms with van der Waals surface area (Å²) in [5, 5.41) is 0. The Balaban J connectivity index is 2.26. The van der Waals surface area contributed by atoms with Crippen molar-refractivity contribution in [2.45, 2.75) is 37.4 Å². The number of hydrogen-bond acceptors (Lipinski definition) is 4. The number of carbonyl (C=O) groups is 1. The smallest absolute Gasteiger partial charge is 0.280 e. The van der Waals surface area contributed by atoms with Crippen LogP contribution in [0.25, 0.3) is 11.1 Å². The van der Waals surface area contributed by atoms with Crippen molar-refractivity contribution in [3.8, 4) is 11.1 Å². The van der Waals surface area contributed by atoms with E-state index in [9.17, 15) is 26.7 Å². The lowest BCUT2D eigenvalue weighted by Gasteiger charge is -2.42. The molecule has 1 aliphatic heterocycles. The van der Waals surface area contributed by atoms with Gasteiger partial charge >= 0.3 is 0 Å². The standard InChI is InChI=1S/C19H17F5N4O/c1-17(22)8-19(23,24)18(2,28-16(17)26)12-5-9(3-4-13(12)21)11-6-10(20)7-27-14(11)15(25)29/h3-7H,8H2,1-2H3,(H2,25,29)(H2,26,28)/t17-,18-/m1/s1. The van der Waals surface area contributed by atoms with Gasteiger partial charge in [-0.3, -0.25) is 9.79 Å². The average Bonchev–Trinajstić information content (AvgIpc) is 2.59. The lowest BCUT2D eigenvalue weighted by molar-refractivity contribution is -0.106. The Morgan fingerprint density at radius 2 is 1.79 bits per heavy atom. The van der Waals surface area contributed by atoms with Crippen LogP contribution < -0.4 is 11.5 Å². The summed E-state index contributed by atoms with van der Waals surface area (Å²) in [4.78, 5) is 18.8. The van der Waals surface area contributed by atoms with Gasteiger partial charge in [0.05, 0.1) is 12.6 Å². The monoisotopic (exact) mass is 412 g/mol. The van der Waals surface area contributed by atoms with E-state index in [0.717, 1.165) is 44.3 Å². The molecule has 4 N–H and O–H groups in total. The van der Waals surface area contributed by atoms with Gasteiger partial charge in [0.15, 0.2) is 11.2 Å². The molecule has 2 aromatic rings. The number of alkyl halides is 3. The van der Waals surface area contributed by atoms with Crippen molar-refractivity contribution in [1.82, 2.24) is 4.98 Å². The van der Waals surface area contributed by atoms with Gasteiger partial charge in [0.25, 0.3) is 11.8 Å². The third kappa shape index (κ3) is 3.32. The molecule has 2 heterocycles. The second kappa shape index (κ2) is 6.50. The van der Waals surface area contributed by atoms with E-state index in [1.807, 2.05) is 0 Å². The molecule has 2 atom stereocenters. The SMILES string of the molecule is C[C@@]1(F)CC(F)(F)[C@@](C)(c2cc(-c3cc(F)cnc3C(N)=O)ccc2F)N=C1N. The van der Waals surface area contributed by atoms with Crippen LogP contribution in [0.1, 0.15) is 36.3 Å². The number of pyridine rings is 1. The van der Waals surface area contributed by atoms with Gasteiger partial charge < -0.3 is 11.5 Å². The first-order valence-electron chi connectivity index (χ1n) is 8.47. The molecule has 29 heavy (non-hydrogen) atoms. The van der Waals surface area contributed by atoms with E-state index < -0.39 is 52.5 Å². The minimum atomic E-state index is -3.80. The fourth-order valence-electron chi connectivity index (χ4n) is 3.30. The number of primary amides is 1. The molecule has 1 aromatic carbocycles. The predicted octanol–water partition coefficient (Wildman–Crippen LogP) is 3.47. The topological polar surface area (TPSA) is 94.4 Å². The van der Waals surface area contributed by atoms with Crippen molar-refractivity contribution in [1.29, 1.82) is 0 Å². The zero-order valence-electron chi connectivity index (χ0n) is 15.4. The normalized spacial score (nSPS) is 26.1. The van der Waals surface area contributed by atoms with Gasteiger partial charge in [-0.05, 0) is 37.6 Å². The number of aromatic nitrogens is 1. The minimum Gasteiger partial charge on any atom is -0.385 e. The highest BCUT2D eigenvalue weighted by Gasteiger charge is 2.60. The minimum absolute atomic E-state index is 0.00146. The van der Waals surface area contributed by atoms with Crippen LogP contribution in [0.3, 0.4) is 0 Å². The van der Waals surface area contributed by atoms with E-state index in [2.05, 4.69) is 9.98 Å². The van der Waals surface area contributed by atoms with E-state index in [0.29, 0.717) is 0 Å². The molecule has 0 spiro atoms. The van der Waals surface area contributed by atoms with Crippen LogP contribution in [-0.4, -0.2) is 28.3 Å². The number of carbonyl (C=O) groups excluding carboxylic acids is 1. The van der Waals surface area contributed by atoms with Crippen LogP contribution in [0.15, 0.2) is 35.5 Å². The van der Waals surface area contributed by atoms with Crippen LogP contribution in [0.4, 0.5) is 22.0 Å². The van der Waals surface area contributed by atoms with Gasteiger partial charge in [0, 0.05) is 11.1 Å². The highest BCUT2D eigenvalue weighted by molar-refractivity contribution is 5.98. The van der Waals surface area contributed by atoms with Gasteiger partial charge in [0.2, 0.25) is 0 Å². The molecule has 1 aliphatic rings. The first-order chi connectivity index (χ1) is 13.3. The molecule has 0 aliphatic carbocycles. The second-order valence-corrected chi connectivity index (χ2v) is 7.26. The molecule has 0 unspecified atom stereocenters. The molecule has 0 saturated carbocycles. The summed E-state index contributed by atoms with van der Waals surface area (Å²) in [6.45, 7) is 1.79. The van der Waals surface area contributed by atoms with Crippen molar-refractivity contribution in [3.63, 3.8) is 0 Å². The number of hydrogen-bond donors (Lipinski definition) is 2. The van der Waals surface area contributed by atoms with Gasteiger partial charge in [-0.2, -0.15) is 0 Å². The van der Waals surface area contributed by atoms with Crippen molar-refractivity contribution < 1.29 is 26.7 Å². The lowest BCUT2D eigenvalue weighted by atomic mass is 9.77. The summed E-state index contributed by atoms with van der Waals surface area (Å²) in [5.41, 5.74) is 4.62. The number of halogens is 5. The largest absolute Gasteiger partial charge is 0.385 e. The maximum Gasteiger partial charge on any atom is 0.280 e. The van der Waals surface area contributed by atoms with Crippen molar-refractivity contribution in [2.24, 2.45) is 16.5 Å². The molecule has 0 bridgehead atoms. The fraction of sp³-hybridized carbons (Fsp3) is 0.316. The zero-order chi connectivity index (χ0) is 21.8. The van der Waals surface area contributed by atoms with Gasteiger partial charge in [-0.1, -0.05) is 6.07 Å². The summed E-state index contributed by atoms with van der Waals surface area (Å²) < 4.78 is 72.4.